The second-order valence-corrected chi connectivity index (χ2v) is 7.60. The van der Waals surface area contributed by atoms with E-state index in [0.29, 0.717) is 6.54 Å². The van der Waals surface area contributed by atoms with Crippen LogP contribution in [-0.2, 0) is 6.42 Å². The van der Waals surface area contributed by atoms with Crippen molar-refractivity contribution in [3.63, 3.8) is 0 Å². The molecule has 4 nitrogen and oxygen atoms in total. The van der Waals surface area contributed by atoms with E-state index >= 15 is 0 Å². The molecule has 0 bridgehead atoms. The van der Waals surface area contributed by atoms with Crippen LogP contribution in [0.2, 0.25) is 0 Å². The molecule has 4 heteroatoms. The third-order valence-corrected chi connectivity index (χ3v) is 5.87. The number of aromatic amines is 1. The summed E-state index contributed by atoms with van der Waals surface area (Å²) in [6, 6.07) is 15.7. The van der Waals surface area contributed by atoms with Gasteiger partial charge in [0, 0.05) is 34.1 Å². The van der Waals surface area contributed by atoms with Crippen molar-refractivity contribution in [1.29, 1.82) is 0 Å². The molecule has 0 atom stereocenters. The van der Waals surface area contributed by atoms with E-state index < -0.39 is 0 Å². The van der Waals surface area contributed by atoms with Gasteiger partial charge in [0.05, 0.1) is 6.54 Å². The molecule has 1 aliphatic rings. The van der Waals surface area contributed by atoms with Gasteiger partial charge >= 0.3 is 0 Å². The number of Topliss-reactive ketones (excluding diaryl/α,β-unsaturated/α-hetero) is 2. The van der Waals surface area contributed by atoms with Crippen molar-refractivity contribution >= 4 is 22.5 Å². The zero-order chi connectivity index (χ0) is 19.5. The molecule has 1 N–H and O–H groups in total. The highest BCUT2D eigenvalue weighted by molar-refractivity contribution is 6.09. The molecule has 1 aromatic heterocycles. The van der Waals surface area contributed by atoms with Crippen molar-refractivity contribution in [2.75, 3.05) is 19.6 Å². The molecule has 0 spiro atoms. The average Bonchev–Trinajstić information content (AvgIpc) is 3.19. The molecule has 144 valence electrons. The van der Waals surface area contributed by atoms with Gasteiger partial charge in [-0.15, -0.1) is 0 Å². The van der Waals surface area contributed by atoms with Crippen LogP contribution in [-0.4, -0.2) is 41.1 Å². The Morgan fingerprint density at radius 1 is 1.04 bits per heavy atom. The van der Waals surface area contributed by atoms with Gasteiger partial charge in [-0.25, -0.2) is 0 Å². The zero-order valence-corrected chi connectivity index (χ0v) is 16.3. The SMILES string of the molecule is CCc1cccc2c(C(=O)CN3CCC(C(=O)c4ccccc4)CC3)c[nH]c12. The summed E-state index contributed by atoms with van der Waals surface area (Å²) in [6.45, 7) is 4.11. The smallest absolute Gasteiger partial charge is 0.178 e. The number of carbonyl (C=O) groups excluding carboxylic acids is 2. The summed E-state index contributed by atoms with van der Waals surface area (Å²) in [5, 5.41) is 1.01. The van der Waals surface area contributed by atoms with Gasteiger partial charge < -0.3 is 4.98 Å². The molecule has 1 fully saturated rings. The minimum Gasteiger partial charge on any atom is -0.360 e. The standard InChI is InChI=1S/C24H26N2O2/c1-2-17-9-6-10-20-21(15-25-23(17)20)22(27)16-26-13-11-19(12-14-26)24(28)18-7-4-3-5-8-18/h3-10,15,19,25H,2,11-14,16H2,1H3. The van der Waals surface area contributed by atoms with Crippen molar-refractivity contribution in [1.82, 2.24) is 9.88 Å². The number of hydrogen-bond acceptors (Lipinski definition) is 3. The predicted octanol–water partition coefficient (Wildman–Crippen LogP) is 4.51. The average molecular weight is 374 g/mol. The molecule has 0 unspecified atom stereocenters. The van der Waals surface area contributed by atoms with Gasteiger partial charge in [-0.2, -0.15) is 0 Å². The fraction of sp³-hybridized carbons (Fsp3) is 0.333. The normalized spacial score (nSPS) is 15.8. The summed E-state index contributed by atoms with van der Waals surface area (Å²) in [5.41, 5.74) is 3.87. The Kier molecular flexibility index (Phi) is 5.40. The number of aryl methyl sites for hydroxylation is 1. The quantitative estimate of drug-likeness (QED) is 0.646. The second-order valence-electron chi connectivity index (χ2n) is 7.60. The maximum absolute atomic E-state index is 12.9. The van der Waals surface area contributed by atoms with Gasteiger partial charge in [0.15, 0.2) is 11.6 Å². The summed E-state index contributed by atoms with van der Waals surface area (Å²) in [5.74, 6) is 0.441. The van der Waals surface area contributed by atoms with E-state index in [1.165, 1.54) is 5.56 Å². The molecular formula is C24H26N2O2. The first-order valence-corrected chi connectivity index (χ1v) is 10.1. The molecule has 0 saturated carbocycles. The number of likely N-dealkylation sites (tertiary alicyclic amines) is 1. The maximum atomic E-state index is 12.9. The van der Waals surface area contributed by atoms with E-state index in [-0.39, 0.29) is 17.5 Å². The highest BCUT2D eigenvalue weighted by Crippen LogP contribution is 2.25. The van der Waals surface area contributed by atoms with Crippen LogP contribution in [0.4, 0.5) is 0 Å². The third-order valence-electron chi connectivity index (χ3n) is 5.87. The molecule has 2 aromatic carbocycles. The van der Waals surface area contributed by atoms with E-state index in [1.807, 2.05) is 48.7 Å². The minimum absolute atomic E-state index is 0.0638. The summed E-state index contributed by atoms with van der Waals surface area (Å²) in [4.78, 5) is 31.0. The van der Waals surface area contributed by atoms with Gasteiger partial charge in [0.1, 0.15) is 0 Å². The summed E-state index contributed by atoms with van der Waals surface area (Å²) >= 11 is 0. The van der Waals surface area contributed by atoms with Crippen LogP contribution < -0.4 is 0 Å². The topological polar surface area (TPSA) is 53.2 Å². The number of H-pyrrole nitrogens is 1. The number of hydrogen-bond donors (Lipinski definition) is 1. The minimum atomic E-state index is 0.0638. The Bertz CT molecular complexity index is 982. The molecule has 0 amide bonds. The van der Waals surface area contributed by atoms with Crippen LogP contribution in [0.15, 0.2) is 54.7 Å². The number of aromatic nitrogens is 1. The van der Waals surface area contributed by atoms with Crippen LogP contribution >= 0.6 is 0 Å². The predicted molar refractivity (Wildman–Crippen MR) is 112 cm³/mol. The lowest BCUT2D eigenvalue weighted by atomic mass is 9.89. The van der Waals surface area contributed by atoms with Gasteiger partial charge in [0.25, 0.3) is 0 Å². The molecule has 4 rings (SSSR count). The maximum Gasteiger partial charge on any atom is 0.178 e. The molecule has 2 heterocycles. The number of nitrogens with one attached hydrogen (secondary N) is 1. The fourth-order valence-electron chi connectivity index (χ4n) is 4.22. The van der Waals surface area contributed by atoms with Crippen molar-refractivity contribution in [2.24, 2.45) is 5.92 Å². The number of fused-ring (bicyclic) bond motifs is 1. The van der Waals surface area contributed by atoms with E-state index in [0.717, 1.165) is 54.4 Å². The lowest BCUT2D eigenvalue weighted by Gasteiger charge is -2.30. The van der Waals surface area contributed by atoms with Crippen molar-refractivity contribution in [2.45, 2.75) is 26.2 Å². The molecule has 28 heavy (non-hydrogen) atoms. The molecule has 3 aromatic rings. The molecule has 1 saturated heterocycles. The van der Waals surface area contributed by atoms with Crippen LogP contribution in [0.5, 0.6) is 0 Å². The van der Waals surface area contributed by atoms with Crippen LogP contribution in [0.25, 0.3) is 10.9 Å². The number of para-hydroxylation sites is 1. The van der Waals surface area contributed by atoms with Crippen molar-refractivity contribution in [3.8, 4) is 0 Å². The van der Waals surface area contributed by atoms with Gasteiger partial charge in [-0.1, -0.05) is 55.5 Å². The fourth-order valence-corrected chi connectivity index (χ4v) is 4.22. The highest BCUT2D eigenvalue weighted by atomic mass is 16.1. The Hall–Kier alpha value is -2.72. The largest absolute Gasteiger partial charge is 0.360 e. The van der Waals surface area contributed by atoms with E-state index in [4.69, 9.17) is 0 Å². The van der Waals surface area contributed by atoms with Crippen LogP contribution in [0.1, 0.15) is 46.0 Å². The first kappa shape index (κ1) is 18.6. The lowest BCUT2D eigenvalue weighted by molar-refractivity contribution is 0.0806. The third kappa shape index (κ3) is 3.65. The number of rotatable bonds is 6. The summed E-state index contributed by atoms with van der Waals surface area (Å²) < 4.78 is 0. The second kappa shape index (κ2) is 8.11. The van der Waals surface area contributed by atoms with Gasteiger partial charge in [-0.3, -0.25) is 14.5 Å². The highest BCUT2D eigenvalue weighted by Gasteiger charge is 2.27. The van der Waals surface area contributed by atoms with Crippen molar-refractivity contribution in [3.05, 3.63) is 71.4 Å². The van der Waals surface area contributed by atoms with Crippen LogP contribution in [0, 0.1) is 5.92 Å². The molecule has 0 radical (unpaired) electrons. The molecular weight excluding hydrogens is 348 g/mol. The number of benzene rings is 2. The Labute approximate surface area is 165 Å². The number of nitrogens with zero attached hydrogens (tertiary/aromatic N) is 1. The number of ketones is 2. The summed E-state index contributed by atoms with van der Waals surface area (Å²) in [6.07, 6.45) is 4.41. The number of piperidine rings is 1. The summed E-state index contributed by atoms with van der Waals surface area (Å²) in [7, 11) is 0. The monoisotopic (exact) mass is 374 g/mol. The molecule has 1 aliphatic heterocycles. The number of carbonyl (C=O) groups is 2. The van der Waals surface area contributed by atoms with Gasteiger partial charge in [0.2, 0.25) is 0 Å². The van der Waals surface area contributed by atoms with Crippen molar-refractivity contribution < 1.29 is 9.59 Å². The van der Waals surface area contributed by atoms with E-state index in [2.05, 4.69) is 22.9 Å². The van der Waals surface area contributed by atoms with E-state index in [9.17, 15) is 9.59 Å². The first-order valence-electron chi connectivity index (χ1n) is 10.1. The Morgan fingerprint density at radius 3 is 2.50 bits per heavy atom. The molecule has 0 aliphatic carbocycles. The zero-order valence-electron chi connectivity index (χ0n) is 16.3. The Morgan fingerprint density at radius 2 is 1.79 bits per heavy atom. The first-order chi connectivity index (χ1) is 13.7. The van der Waals surface area contributed by atoms with E-state index in [1.54, 1.807) is 0 Å². The Balaban J connectivity index is 1.39. The lowest BCUT2D eigenvalue weighted by Crippen LogP contribution is -2.39. The van der Waals surface area contributed by atoms with Gasteiger partial charge in [-0.05, 0) is 37.9 Å². The van der Waals surface area contributed by atoms with Crippen LogP contribution in [0.3, 0.4) is 0 Å².